The van der Waals surface area contributed by atoms with Gasteiger partial charge in [0.15, 0.2) is 11.5 Å². The van der Waals surface area contributed by atoms with Gasteiger partial charge >= 0.3 is 0 Å². The van der Waals surface area contributed by atoms with Gasteiger partial charge in [-0.05, 0) is 50.0 Å². The summed E-state index contributed by atoms with van der Waals surface area (Å²) in [6.07, 6.45) is 5.51. The van der Waals surface area contributed by atoms with Gasteiger partial charge in [0, 0.05) is 23.1 Å². The molecule has 1 saturated heterocycles. The van der Waals surface area contributed by atoms with Crippen molar-refractivity contribution in [2.75, 3.05) is 18.8 Å². The molecule has 0 aliphatic carbocycles. The van der Waals surface area contributed by atoms with Crippen LogP contribution in [0.5, 0.6) is 0 Å². The SMILES string of the molecule is Cc1ccc2[nH]ncc2c1-c1cn2nc(C3CCNCC3)nc2c(C(N)=O)c1N. The molecule has 0 bridgehead atoms. The Hall–Kier alpha value is -3.46. The minimum absolute atomic E-state index is 0.204. The lowest BCUT2D eigenvalue weighted by molar-refractivity contribution is 0.100. The molecule has 0 unspecified atom stereocenters. The molecule has 29 heavy (non-hydrogen) atoms. The summed E-state index contributed by atoms with van der Waals surface area (Å²) in [6.45, 7) is 3.85. The fourth-order valence-corrected chi connectivity index (χ4v) is 4.23. The van der Waals surface area contributed by atoms with E-state index in [2.05, 4.69) is 20.5 Å². The lowest BCUT2D eigenvalue weighted by atomic mass is 9.95. The van der Waals surface area contributed by atoms with Gasteiger partial charge in [0.2, 0.25) is 0 Å². The molecular weight excluding hydrogens is 368 g/mol. The van der Waals surface area contributed by atoms with Crippen LogP contribution in [-0.2, 0) is 0 Å². The maximum atomic E-state index is 12.3. The Labute approximate surface area is 166 Å². The third-order valence-corrected chi connectivity index (χ3v) is 5.73. The van der Waals surface area contributed by atoms with Crippen LogP contribution in [0.15, 0.2) is 24.5 Å². The molecular formula is C20H22N8O. The van der Waals surface area contributed by atoms with Gasteiger partial charge < -0.3 is 16.8 Å². The minimum Gasteiger partial charge on any atom is -0.397 e. The van der Waals surface area contributed by atoms with Gasteiger partial charge in [-0.15, -0.1) is 0 Å². The Morgan fingerprint density at radius 3 is 2.83 bits per heavy atom. The van der Waals surface area contributed by atoms with Gasteiger partial charge in [0.25, 0.3) is 5.91 Å². The zero-order valence-electron chi connectivity index (χ0n) is 16.1. The number of piperidine rings is 1. The highest BCUT2D eigenvalue weighted by Crippen LogP contribution is 2.37. The molecule has 4 aromatic rings. The summed E-state index contributed by atoms with van der Waals surface area (Å²) in [5.41, 5.74) is 16.6. The smallest absolute Gasteiger partial charge is 0.254 e. The van der Waals surface area contributed by atoms with Crippen molar-refractivity contribution in [1.82, 2.24) is 30.1 Å². The molecule has 1 amide bonds. The summed E-state index contributed by atoms with van der Waals surface area (Å²) in [5.74, 6) is 0.361. The number of carbonyl (C=O) groups is 1. The average molecular weight is 390 g/mol. The number of aromatic nitrogens is 5. The van der Waals surface area contributed by atoms with Crippen LogP contribution in [0.4, 0.5) is 5.69 Å². The predicted molar refractivity (Wildman–Crippen MR) is 111 cm³/mol. The Morgan fingerprint density at radius 2 is 2.07 bits per heavy atom. The molecule has 5 rings (SSSR count). The molecule has 1 aromatic carbocycles. The van der Waals surface area contributed by atoms with Crippen LogP contribution < -0.4 is 16.8 Å². The Kier molecular flexibility index (Phi) is 3.99. The van der Waals surface area contributed by atoms with Crippen LogP contribution in [0.2, 0.25) is 0 Å². The van der Waals surface area contributed by atoms with Crippen LogP contribution in [0.25, 0.3) is 27.7 Å². The number of rotatable bonds is 3. The fraction of sp³-hybridized carbons (Fsp3) is 0.300. The highest BCUT2D eigenvalue weighted by Gasteiger charge is 2.25. The number of aromatic amines is 1. The van der Waals surface area contributed by atoms with E-state index in [0.29, 0.717) is 16.9 Å². The van der Waals surface area contributed by atoms with E-state index in [9.17, 15) is 4.79 Å². The molecule has 3 aromatic heterocycles. The molecule has 4 heterocycles. The standard InChI is InChI=1S/C20H22N8O/c1-10-2-3-14-12(8-24-26-14)15(10)13-9-28-20(16(17(13)21)18(22)29)25-19(27-28)11-4-6-23-7-5-11/h2-3,8-9,11,23H,4-7,21H2,1H3,(H2,22,29)(H,24,26). The van der Waals surface area contributed by atoms with Crippen molar-refractivity contribution in [3.8, 4) is 11.1 Å². The van der Waals surface area contributed by atoms with Crippen molar-refractivity contribution in [2.45, 2.75) is 25.7 Å². The van der Waals surface area contributed by atoms with Gasteiger partial charge in [0.05, 0.1) is 17.4 Å². The number of hydrogen-bond acceptors (Lipinski definition) is 6. The number of amides is 1. The number of carbonyl (C=O) groups excluding carboxylic acids is 1. The first-order valence-corrected chi connectivity index (χ1v) is 9.67. The molecule has 0 atom stereocenters. The van der Waals surface area contributed by atoms with E-state index < -0.39 is 5.91 Å². The molecule has 1 fully saturated rings. The first-order chi connectivity index (χ1) is 14.0. The van der Waals surface area contributed by atoms with Crippen LogP contribution in [0.3, 0.4) is 0 Å². The second kappa shape index (κ2) is 6.56. The molecule has 1 aliphatic heterocycles. The number of nitrogens with zero attached hydrogens (tertiary/aromatic N) is 4. The third-order valence-electron chi connectivity index (χ3n) is 5.73. The van der Waals surface area contributed by atoms with Crippen molar-refractivity contribution in [2.24, 2.45) is 5.73 Å². The number of nitrogens with two attached hydrogens (primary N) is 2. The zero-order chi connectivity index (χ0) is 20.1. The number of hydrogen-bond donors (Lipinski definition) is 4. The van der Waals surface area contributed by atoms with Gasteiger partial charge in [-0.25, -0.2) is 9.50 Å². The molecule has 0 saturated carbocycles. The van der Waals surface area contributed by atoms with Crippen LogP contribution in [-0.4, -0.2) is 43.8 Å². The maximum Gasteiger partial charge on any atom is 0.254 e. The van der Waals surface area contributed by atoms with Crippen molar-refractivity contribution in [1.29, 1.82) is 0 Å². The number of pyridine rings is 1. The largest absolute Gasteiger partial charge is 0.397 e. The number of nitrogens with one attached hydrogen (secondary N) is 2. The Morgan fingerprint density at radius 1 is 1.28 bits per heavy atom. The number of fused-ring (bicyclic) bond motifs is 2. The number of benzene rings is 1. The molecule has 1 aliphatic rings. The van der Waals surface area contributed by atoms with E-state index in [4.69, 9.17) is 16.6 Å². The molecule has 9 heteroatoms. The molecule has 6 N–H and O–H groups in total. The highest BCUT2D eigenvalue weighted by atomic mass is 16.1. The molecule has 0 spiro atoms. The summed E-state index contributed by atoms with van der Waals surface area (Å²) in [7, 11) is 0. The predicted octanol–water partition coefficient (Wildman–Crippen LogP) is 1.73. The topological polar surface area (TPSA) is 140 Å². The highest BCUT2D eigenvalue weighted by molar-refractivity contribution is 6.09. The third kappa shape index (κ3) is 2.73. The maximum absolute atomic E-state index is 12.3. The van der Waals surface area contributed by atoms with Crippen LogP contribution in [0, 0.1) is 6.92 Å². The second-order valence-corrected chi connectivity index (χ2v) is 7.55. The van der Waals surface area contributed by atoms with E-state index in [1.807, 2.05) is 25.3 Å². The molecule has 148 valence electrons. The van der Waals surface area contributed by atoms with Crippen LogP contribution >= 0.6 is 0 Å². The van der Waals surface area contributed by atoms with Crippen molar-refractivity contribution in [3.63, 3.8) is 0 Å². The summed E-state index contributed by atoms with van der Waals surface area (Å²) in [5, 5.41) is 16.1. The van der Waals surface area contributed by atoms with Crippen LogP contribution in [0.1, 0.15) is 40.5 Å². The number of primary amides is 1. The van der Waals surface area contributed by atoms with Crippen molar-refractivity contribution >= 4 is 28.1 Å². The summed E-state index contributed by atoms with van der Waals surface area (Å²) in [4.78, 5) is 17.0. The van der Waals surface area contributed by atoms with E-state index in [1.165, 1.54) is 0 Å². The first-order valence-electron chi connectivity index (χ1n) is 9.67. The normalized spacial score (nSPS) is 15.3. The number of nitrogen functional groups attached to an aromatic ring is 1. The molecule has 0 radical (unpaired) electrons. The van der Waals surface area contributed by atoms with Gasteiger partial charge in [0.1, 0.15) is 5.56 Å². The Balaban J connectivity index is 1.78. The number of anilines is 1. The first kappa shape index (κ1) is 17.6. The summed E-state index contributed by atoms with van der Waals surface area (Å²) >= 11 is 0. The van der Waals surface area contributed by atoms with E-state index in [-0.39, 0.29) is 11.5 Å². The van der Waals surface area contributed by atoms with Gasteiger partial charge in [-0.1, -0.05) is 6.07 Å². The average Bonchev–Trinajstić information content (AvgIpc) is 3.35. The van der Waals surface area contributed by atoms with Crippen molar-refractivity contribution in [3.05, 3.63) is 41.5 Å². The lowest BCUT2D eigenvalue weighted by Crippen LogP contribution is -2.27. The number of H-pyrrole nitrogens is 1. The summed E-state index contributed by atoms with van der Waals surface area (Å²) < 4.78 is 1.64. The van der Waals surface area contributed by atoms with Crippen molar-refractivity contribution < 1.29 is 4.79 Å². The van der Waals surface area contributed by atoms with E-state index in [0.717, 1.165) is 53.8 Å². The van der Waals surface area contributed by atoms with E-state index in [1.54, 1.807) is 10.7 Å². The lowest BCUT2D eigenvalue weighted by Gasteiger charge is -2.19. The monoisotopic (exact) mass is 390 g/mol. The Bertz CT molecular complexity index is 1250. The molecule has 9 nitrogen and oxygen atoms in total. The zero-order valence-corrected chi connectivity index (χ0v) is 16.1. The van der Waals surface area contributed by atoms with Gasteiger partial charge in [-0.3, -0.25) is 9.89 Å². The summed E-state index contributed by atoms with van der Waals surface area (Å²) in [6, 6.07) is 3.96. The van der Waals surface area contributed by atoms with E-state index >= 15 is 0 Å². The quantitative estimate of drug-likeness (QED) is 0.420. The minimum atomic E-state index is -0.615. The fourth-order valence-electron chi connectivity index (χ4n) is 4.23. The number of aryl methyl sites for hydroxylation is 1. The second-order valence-electron chi connectivity index (χ2n) is 7.55. The van der Waals surface area contributed by atoms with Gasteiger partial charge in [-0.2, -0.15) is 10.2 Å².